The predicted octanol–water partition coefficient (Wildman–Crippen LogP) is 4.55. The molecule has 0 saturated heterocycles. The van der Waals surface area contributed by atoms with E-state index in [0.717, 1.165) is 22.3 Å². The summed E-state index contributed by atoms with van der Waals surface area (Å²) in [6.07, 6.45) is 2.35. The summed E-state index contributed by atoms with van der Waals surface area (Å²) in [5, 5.41) is 0. The minimum Gasteiger partial charge on any atom is -0.294 e. The van der Waals surface area contributed by atoms with Crippen molar-refractivity contribution in [1.82, 2.24) is 9.97 Å². The van der Waals surface area contributed by atoms with Crippen LogP contribution in [0.4, 0.5) is 0 Å². The second-order valence-corrected chi connectivity index (χ2v) is 7.87. The van der Waals surface area contributed by atoms with Crippen LogP contribution in [0.15, 0.2) is 24.4 Å². The van der Waals surface area contributed by atoms with Crippen LogP contribution in [0, 0.1) is 5.41 Å². The second-order valence-electron chi connectivity index (χ2n) is 7.87. The van der Waals surface area contributed by atoms with Crippen LogP contribution < -0.4 is 0 Å². The van der Waals surface area contributed by atoms with Gasteiger partial charge in [0.15, 0.2) is 5.78 Å². The van der Waals surface area contributed by atoms with Crippen LogP contribution in [0.3, 0.4) is 0 Å². The fourth-order valence-electron chi connectivity index (χ4n) is 2.13. The number of rotatable bonds is 2. The third kappa shape index (κ3) is 3.87. The molecule has 3 heteroatoms. The highest BCUT2D eigenvalue weighted by Crippen LogP contribution is 2.24. The number of ketones is 1. The van der Waals surface area contributed by atoms with Gasteiger partial charge in [-0.1, -0.05) is 41.5 Å². The first-order valence-electron chi connectivity index (χ1n) is 7.37. The number of hydrogen-bond donors (Lipinski definition) is 0. The molecule has 0 atom stereocenters. The zero-order valence-electron chi connectivity index (χ0n) is 13.8. The molecule has 1 aromatic heterocycles. The van der Waals surface area contributed by atoms with Crippen LogP contribution in [0.25, 0.3) is 11.0 Å². The summed E-state index contributed by atoms with van der Waals surface area (Å²) >= 11 is 0. The fraction of sp³-hybridized carbons (Fsp3) is 0.500. The molecule has 3 nitrogen and oxygen atoms in total. The third-order valence-electron chi connectivity index (χ3n) is 3.32. The maximum Gasteiger partial charge on any atom is 0.163 e. The van der Waals surface area contributed by atoms with Gasteiger partial charge in [-0.3, -0.25) is 9.78 Å². The summed E-state index contributed by atoms with van der Waals surface area (Å²) in [6.45, 7) is 12.5. The maximum atomic E-state index is 12.3. The van der Waals surface area contributed by atoms with Gasteiger partial charge in [-0.25, -0.2) is 4.98 Å². The summed E-state index contributed by atoms with van der Waals surface area (Å²) in [4.78, 5) is 21.5. The first kappa shape index (κ1) is 15.6. The standard InChI is InChI=1S/C18H24N2O/c1-17(2,3)10-15(21)12-7-8-13-14(9-12)20-16(11-19-13)18(4,5)6/h7-9,11H,10H2,1-6H3. The number of carbonyl (C=O) groups excluding carboxylic acids is 1. The van der Waals surface area contributed by atoms with Gasteiger partial charge in [-0.05, 0) is 23.6 Å². The van der Waals surface area contributed by atoms with Gasteiger partial charge in [0.25, 0.3) is 0 Å². The summed E-state index contributed by atoms with van der Waals surface area (Å²) in [7, 11) is 0. The Labute approximate surface area is 126 Å². The lowest BCUT2D eigenvalue weighted by atomic mass is 9.88. The Bertz CT molecular complexity index is 676. The van der Waals surface area contributed by atoms with Crippen molar-refractivity contribution in [3.63, 3.8) is 0 Å². The van der Waals surface area contributed by atoms with Crippen molar-refractivity contribution in [1.29, 1.82) is 0 Å². The molecule has 0 fully saturated rings. The van der Waals surface area contributed by atoms with Gasteiger partial charge >= 0.3 is 0 Å². The van der Waals surface area contributed by atoms with Crippen LogP contribution in [0.5, 0.6) is 0 Å². The number of nitrogens with zero attached hydrogens (tertiary/aromatic N) is 2. The van der Waals surface area contributed by atoms with E-state index >= 15 is 0 Å². The molecule has 0 aliphatic heterocycles. The minimum atomic E-state index is -0.0490. The van der Waals surface area contributed by atoms with Crippen molar-refractivity contribution in [2.75, 3.05) is 0 Å². The smallest absolute Gasteiger partial charge is 0.163 e. The predicted molar refractivity (Wildman–Crippen MR) is 86.6 cm³/mol. The van der Waals surface area contributed by atoms with Crippen molar-refractivity contribution >= 4 is 16.8 Å². The molecule has 0 aliphatic rings. The molecular formula is C18H24N2O. The van der Waals surface area contributed by atoms with Crippen molar-refractivity contribution in [2.45, 2.75) is 53.4 Å². The van der Waals surface area contributed by atoms with Crippen molar-refractivity contribution in [3.8, 4) is 0 Å². The zero-order chi connectivity index (χ0) is 15.8. The molecule has 0 bridgehead atoms. The Hall–Kier alpha value is -1.77. The highest BCUT2D eigenvalue weighted by atomic mass is 16.1. The Morgan fingerprint density at radius 2 is 1.71 bits per heavy atom. The number of Topliss-reactive ketones (excluding diaryl/α,β-unsaturated/α-hetero) is 1. The monoisotopic (exact) mass is 284 g/mol. The SMILES string of the molecule is CC(C)(C)CC(=O)c1ccc2ncc(C(C)(C)C)nc2c1. The molecular weight excluding hydrogens is 260 g/mol. The van der Waals surface area contributed by atoms with Crippen molar-refractivity contribution in [3.05, 3.63) is 35.7 Å². The van der Waals surface area contributed by atoms with Crippen molar-refractivity contribution < 1.29 is 4.79 Å². The first-order chi connectivity index (χ1) is 9.56. The Kier molecular flexibility index (Phi) is 3.87. The maximum absolute atomic E-state index is 12.3. The van der Waals surface area contributed by atoms with Crippen LogP contribution in [-0.2, 0) is 5.41 Å². The molecule has 2 rings (SSSR count). The molecule has 0 aliphatic carbocycles. The largest absolute Gasteiger partial charge is 0.294 e. The van der Waals surface area contributed by atoms with E-state index in [1.54, 1.807) is 0 Å². The normalized spacial score (nSPS) is 12.7. The first-order valence-corrected chi connectivity index (χ1v) is 7.37. The highest BCUT2D eigenvalue weighted by Gasteiger charge is 2.19. The second kappa shape index (κ2) is 5.21. The number of benzene rings is 1. The van der Waals surface area contributed by atoms with E-state index in [-0.39, 0.29) is 16.6 Å². The quantitative estimate of drug-likeness (QED) is 0.760. The molecule has 2 aromatic rings. The Morgan fingerprint density at radius 1 is 1.05 bits per heavy atom. The molecule has 1 heterocycles. The van der Waals surface area contributed by atoms with E-state index in [2.05, 4.69) is 51.5 Å². The van der Waals surface area contributed by atoms with Crippen LogP contribution in [-0.4, -0.2) is 15.8 Å². The van der Waals surface area contributed by atoms with E-state index < -0.39 is 0 Å². The number of hydrogen-bond acceptors (Lipinski definition) is 3. The van der Waals surface area contributed by atoms with E-state index in [9.17, 15) is 4.79 Å². The van der Waals surface area contributed by atoms with Crippen molar-refractivity contribution in [2.24, 2.45) is 5.41 Å². The van der Waals surface area contributed by atoms with E-state index in [1.807, 2.05) is 24.4 Å². The average Bonchev–Trinajstić information content (AvgIpc) is 2.34. The average molecular weight is 284 g/mol. The lowest BCUT2D eigenvalue weighted by Crippen LogP contribution is -2.15. The summed E-state index contributed by atoms with van der Waals surface area (Å²) in [5.41, 5.74) is 3.23. The van der Waals surface area contributed by atoms with Gasteiger partial charge in [0.05, 0.1) is 16.7 Å². The minimum absolute atomic E-state index is 0.00895. The molecule has 0 spiro atoms. The third-order valence-corrected chi connectivity index (χ3v) is 3.32. The van der Waals surface area contributed by atoms with Gasteiger partial charge in [0, 0.05) is 23.6 Å². The van der Waals surface area contributed by atoms with Gasteiger partial charge in [0.2, 0.25) is 0 Å². The summed E-state index contributed by atoms with van der Waals surface area (Å²) < 4.78 is 0. The molecule has 0 N–H and O–H groups in total. The molecule has 0 saturated carbocycles. The van der Waals surface area contributed by atoms with Gasteiger partial charge < -0.3 is 0 Å². The topological polar surface area (TPSA) is 42.9 Å². The zero-order valence-corrected chi connectivity index (χ0v) is 13.8. The summed E-state index contributed by atoms with van der Waals surface area (Å²) in [5.74, 6) is 0.160. The van der Waals surface area contributed by atoms with E-state index in [1.165, 1.54) is 0 Å². The Morgan fingerprint density at radius 3 is 2.29 bits per heavy atom. The number of aromatic nitrogens is 2. The van der Waals surface area contributed by atoms with Gasteiger partial charge in [-0.2, -0.15) is 0 Å². The number of fused-ring (bicyclic) bond motifs is 1. The van der Waals surface area contributed by atoms with E-state index in [4.69, 9.17) is 0 Å². The van der Waals surface area contributed by atoms with Crippen LogP contribution >= 0.6 is 0 Å². The fourth-order valence-corrected chi connectivity index (χ4v) is 2.13. The molecule has 0 unspecified atom stereocenters. The molecule has 0 amide bonds. The lowest BCUT2D eigenvalue weighted by molar-refractivity contribution is 0.0940. The molecule has 112 valence electrons. The number of carbonyl (C=O) groups is 1. The molecule has 1 aromatic carbocycles. The lowest BCUT2D eigenvalue weighted by Gasteiger charge is -2.18. The van der Waals surface area contributed by atoms with Gasteiger partial charge in [-0.15, -0.1) is 0 Å². The highest BCUT2D eigenvalue weighted by molar-refractivity contribution is 5.99. The van der Waals surface area contributed by atoms with Crippen LogP contribution in [0.1, 0.15) is 64.0 Å². The van der Waals surface area contributed by atoms with E-state index in [0.29, 0.717) is 6.42 Å². The van der Waals surface area contributed by atoms with Crippen LogP contribution in [0.2, 0.25) is 0 Å². The Balaban J connectivity index is 2.42. The summed E-state index contributed by atoms with van der Waals surface area (Å²) in [6, 6.07) is 5.60. The molecule has 0 radical (unpaired) electrons. The molecule has 21 heavy (non-hydrogen) atoms. The van der Waals surface area contributed by atoms with Gasteiger partial charge in [0.1, 0.15) is 0 Å².